The molecule has 3 aromatic rings. The maximum Gasteiger partial charge on any atom is 0.270 e. The second-order valence-electron chi connectivity index (χ2n) is 6.54. The van der Waals surface area contributed by atoms with Crippen molar-refractivity contribution in [2.24, 2.45) is 5.10 Å². The van der Waals surface area contributed by atoms with Crippen LogP contribution in [0.3, 0.4) is 0 Å². The summed E-state index contributed by atoms with van der Waals surface area (Å²) >= 11 is 6.05. The monoisotopic (exact) mass is 490 g/mol. The van der Waals surface area contributed by atoms with E-state index in [1.54, 1.807) is 30.3 Å². The van der Waals surface area contributed by atoms with Crippen LogP contribution in [-0.2, 0) is 10.0 Å². The van der Waals surface area contributed by atoms with Gasteiger partial charge in [-0.1, -0.05) is 23.7 Å². The SMILES string of the molecule is COc1cc(C=NNc2ccc([N+](=O)[O-])cc2S(=O)(=O)Nc2ccccc2Cl)cc(OC)c1. The minimum absolute atomic E-state index is 0.0197. The molecule has 10 nitrogen and oxygen atoms in total. The Hall–Kier alpha value is -3.83. The van der Waals surface area contributed by atoms with Crippen molar-refractivity contribution in [3.8, 4) is 11.5 Å². The van der Waals surface area contributed by atoms with Gasteiger partial charge in [-0.2, -0.15) is 5.10 Å². The van der Waals surface area contributed by atoms with Crippen LogP contribution < -0.4 is 19.6 Å². The summed E-state index contributed by atoms with van der Waals surface area (Å²) < 4.78 is 38.8. The Kier molecular flexibility index (Phi) is 7.36. The van der Waals surface area contributed by atoms with E-state index in [-0.39, 0.29) is 21.3 Å². The van der Waals surface area contributed by atoms with Gasteiger partial charge in [0.05, 0.1) is 41.8 Å². The molecule has 3 rings (SSSR count). The Morgan fingerprint density at radius 3 is 2.27 bits per heavy atom. The van der Waals surface area contributed by atoms with Crippen molar-refractivity contribution in [3.05, 3.63) is 81.4 Å². The van der Waals surface area contributed by atoms with E-state index in [0.29, 0.717) is 17.1 Å². The molecule has 0 aliphatic heterocycles. The molecular weight excluding hydrogens is 472 g/mol. The molecule has 2 N–H and O–H groups in total. The van der Waals surface area contributed by atoms with Crippen LogP contribution >= 0.6 is 11.6 Å². The smallest absolute Gasteiger partial charge is 0.270 e. The lowest BCUT2D eigenvalue weighted by Crippen LogP contribution is -2.15. The van der Waals surface area contributed by atoms with Crippen LogP contribution in [0.4, 0.5) is 17.1 Å². The van der Waals surface area contributed by atoms with Gasteiger partial charge in [0, 0.05) is 23.8 Å². The van der Waals surface area contributed by atoms with E-state index < -0.39 is 20.6 Å². The maximum atomic E-state index is 13.0. The van der Waals surface area contributed by atoms with Crippen molar-refractivity contribution in [3.63, 3.8) is 0 Å². The second-order valence-corrected chi connectivity index (χ2v) is 8.60. The molecule has 0 amide bonds. The zero-order valence-corrected chi connectivity index (χ0v) is 19.1. The van der Waals surface area contributed by atoms with E-state index in [0.717, 1.165) is 6.07 Å². The number of nitrogens with zero attached hydrogens (tertiary/aromatic N) is 2. The van der Waals surface area contributed by atoms with Gasteiger partial charge in [0.2, 0.25) is 0 Å². The van der Waals surface area contributed by atoms with Gasteiger partial charge in [-0.15, -0.1) is 0 Å². The number of nitro benzene ring substituents is 1. The number of benzene rings is 3. The summed E-state index contributed by atoms with van der Waals surface area (Å²) in [4.78, 5) is 10.2. The highest BCUT2D eigenvalue weighted by atomic mass is 35.5. The van der Waals surface area contributed by atoms with Crippen LogP contribution in [0.25, 0.3) is 0 Å². The van der Waals surface area contributed by atoms with Crippen molar-refractivity contribution >= 4 is 44.9 Å². The quantitative estimate of drug-likeness (QED) is 0.256. The van der Waals surface area contributed by atoms with Crippen molar-refractivity contribution < 1.29 is 22.8 Å². The number of hydrogen-bond acceptors (Lipinski definition) is 8. The van der Waals surface area contributed by atoms with E-state index in [4.69, 9.17) is 21.1 Å². The first-order chi connectivity index (χ1) is 15.7. The van der Waals surface area contributed by atoms with E-state index >= 15 is 0 Å². The molecule has 0 saturated heterocycles. The van der Waals surface area contributed by atoms with Crippen LogP contribution in [0, 0.1) is 10.1 Å². The zero-order valence-electron chi connectivity index (χ0n) is 17.5. The Morgan fingerprint density at radius 1 is 1.00 bits per heavy atom. The van der Waals surface area contributed by atoms with Gasteiger partial charge < -0.3 is 9.47 Å². The Morgan fingerprint density at radius 2 is 1.67 bits per heavy atom. The summed E-state index contributed by atoms with van der Waals surface area (Å²) in [6, 6.07) is 14.7. The predicted octanol–water partition coefficient (Wildman–Crippen LogP) is 4.51. The van der Waals surface area contributed by atoms with Crippen molar-refractivity contribution in [1.82, 2.24) is 0 Å². The minimum Gasteiger partial charge on any atom is -0.497 e. The third kappa shape index (κ3) is 5.90. The average molecular weight is 491 g/mol. The molecular formula is C21H19ClN4O6S. The highest BCUT2D eigenvalue weighted by Gasteiger charge is 2.23. The topological polar surface area (TPSA) is 132 Å². The fourth-order valence-electron chi connectivity index (χ4n) is 2.76. The number of hydrazone groups is 1. The molecule has 172 valence electrons. The number of halogens is 1. The molecule has 33 heavy (non-hydrogen) atoms. The molecule has 0 atom stereocenters. The molecule has 3 aromatic carbocycles. The highest BCUT2D eigenvalue weighted by Crippen LogP contribution is 2.30. The molecule has 12 heteroatoms. The second kappa shape index (κ2) is 10.2. The number of methoxy groups -OCH3 is 2. The van der Waals surface area contributed by atoms with Gasteiger partial charge >= 0.3 is 0 Å². The van der Waals surface area contributed by atoms with Crippen LogP contribution in [-0.4, -0.2) is 33.8 Å². The number of anilines is 2. The fourth-order valence-corrected chi connectivity index (χ4v) is 4.26. The lowest BCUT2D eigenvalue weighted by Gasteiger charge is -2.13. The van der Waals surface area contributed by atoms with Gasteiger partial charge in [-0.05, 0) is 30.3 Å². The summed E-state index contributed by atoms with van der Waals surface area (Å²) in [7, 11) is -1.24. The number of sulfonamides is 1. The first-order valence-corrected chi connectivity index (χ1v) is 11.2. The van der Waals surface area contributed by atoms with Gasteiger partial charge in [0.15, 0.2) is 0 Å². The molecule has 0 radical (unpaired) electrons. The predicted molar refractivity (Wildman–Crippen MR) is 126 cm³/mol. The molecule has 0 aromatic heterocycles. The van der Waals surface area contributed by atoms with E-state index in [2.05, 4.69) is 15.2 Å². The number of ether oxygens (including phenoxy) is 2. The Balaban J connectivity index is 1.95. The Bertz CT molecular complexity index is 1290. The molecule has 0 spiro atoms. The highest BCUT2D eigenvalue weighted by molar-refractivity contribution is 7.93. The molecule has 0 fully saturated rings. The Labute approximate surface area is 195 Å². The van der Waals surface area contributed by atoms with Crippen molar-refractivity contribution in [2.45, 2.75) is 4.90 Å². The largest absolute Gasteiger partial charge is 0.497 e. The van der Waals surface area contributed by atoms with Crippen molar-refractivity contribution in [1.29, 1.82) is 0 Å². The molecule has 0 saturated carbocycles. The summed E-state index contributed by atoms with van der Waals surface area (Å²) in [5, 5.41) is 15.5. The van der Waals surface area contributed by atoms with Gasteiger partial charge in [-0.3, -0.25) is 20.3 Å². The lowest BCUT2D eigenvalue weighted by molar-refractivity contribution is -0.385. The molecule has 0 heterocycles. The van der Waals surface area contributed by atoms with Crippen LogP contribution in [0.5, 0.6) is 11.5 Å². The number of rotatable bonds is 9. The number of para-hydroxylation sites is 1. The third-order valence-electron chi connectivity index (χ3n) is 4.36. The van der Waals surface area contributed by atoms with Crippen LogP contribution in [0.15, 0.2) is 70.7 Å². The number of hydrogen-bond donors (Lipinski definition) is 2. The number of nitro groups is 1. The summed E-state index contributed by atoms with van der Waals surface area (Å²) in [6.45, 7) is 0. The lowest BCUT2D eigenvalue weighted by atomic mass is 10.2. The first kappa shape index (κ1) is 23.8. The molecule has 0 aliphatic carbocycles. The molecule has 0 bridgehead atoms. The zero-order chi connectivity index (χ0) is 24.0. The summed E-state index contributed by atoms with van der Waals surface area (Å²) in [5.41, 5.74) is 2.98. The number of nitrogens with one attached hydrogen (secondary N) is 2. The molecule has 0 aliphatic rings. The number of non-ortho nitro benzene ring substituents is 1. The average Bonchev–Trinajstić information content (AvgIpc) is 2.80. The summed E-state index contributed by atoms with van der Waals surface area (Å²) in [5.74, 6) is 1.08. The van der Waals surface area contributed by atoms with Crippen LogP contribution in [0.1, 0.15) is 5.56 Å². The standard InChI is InChI=1S/C21H19ClN4O6S/c1-31-16-9-14(10-17(12-16)32-2)13-23-24-20-8-7-15(26(27)28)11-21(20)33(29,30)25-19-6-4-3-5-18(19)22/h3-13,24-25H,1-2H3. The third-order valence-corrected chi connectivity index (χ3v) is 6.09. The van der Waals surface area contributed by atoms with E-state index in [9.17, 15) is 18.5 Å². The summed E-state index contributed by atoms with van der Waals surface area (Å²) in [6.07, 6.45) is 1.42. The van der Waals surface area contributed by atoms with E-state index in [1.165, 1.54) is 44.7 Å². The minimum atomic E-state index is -4.25. The van der Waals surface area contributed by atoms with Gasteiger partial charge in [0.25, 0.3) is 15.7 Å². The van der Waals surface area contributed by atoms with Crippen molar-refractivity contribution in [2.75, 3.05) is 24.4 Å². The molecule has 0 unspecified atom stereocenters. The van der Waals surface area contributed by atoms with E-state index in [1.807, 2.05) is 0 Å². The van der Waals surface area contributed by atoms with Gasteiger partial charge in [0.1, 0.15) is 16.4 Å². The fraction of sp³-hybridized carbons (Fsp3) is 0.0952. The first-order valence-electron chi connectivity index (χ1n) is 9.31. The van der Waals surface area contributed by atoms with Crippen LogP contribution in [0.2, 0.25) is 5.02 Å². The normalized spacial score (nSPS) is 11.2. The maximum absolute atomic E-state index is 13.0. The van der Waals surface area contributed by atoms with Gasteiger partial charge in [-0.25, -0.2) is 8.42 Å².